The number of fused-ring (bicyclic) bond motifs is 4. The van der Waals surface area contributed by atoms with Crippen LogP contribution in [0.2, 0.25) is 0 Å². The molecule has 0 bridgehead atoms. The van der Waals surface area contributed by atoms with Crippen molar-refractivity contribution >= 4 is 59.2 Å². The molecule has 0 saturated carbocycles. The zero-order valence-electron chi connectivity index (χ0n) is 16.5. The third-order valence-electron chi connectivity index (χ3n) is 6.20. The normalized spacial score (nSPS) is 12.8. The predicted molar refractivity (Wildman–Crippen MR) is 135 cm³/mol. The molecule has 6 rings (SSSR count). The molecule has 0 saturated heterocycles. The van der Waals surface area contributed by atoms with Gasteiger partial charge in [-0.2, -0.15) is 0 Å². The molecular weight excluding hydrogens is 512 g/mol. The van der Waals surface area contributed by atoms with E-state index in [9.17, 15) is 4.79 Å². The van der Waals surface area contributed by atoms with Gasteiger partial charge in [-0.05, 0) is 63.4 Å². The Morgan fingerprint density at radius 2 is 1.26 bits per heavy atom. The van der Waals surface area contributed by atoms with E-state index in [1.807, 2.05) is 18.2 Å². The van der Waals surface area contributed by atoms with Gasteiger partial charge in [0.15, 0.2) is 5.78 Å². The minimum absolute atomic E-state index is 0.0952. The molecule has 31 heavy (non-hydrogen) atoms. The fourth-order valence-corrected chi connectivity index (χ4v) is 5.82. The van der Waals surface area contributed by atoms with Gasteiger partial charge in [-0.1, -0.05) is 92.5 Å². The molecule has 0 N–H and O–H groups in total. The summed E-state index contributed by atoms with van der Waals surface area (Å²) in [4.78, 5) is 13.7. The van der Waals surface area contributed by atoms with E-state index < -0.39 is 0 Å². The molecular formula is C28H16Br2O. The summed E-state index contributed by atoms with van der Waals surface area (Å²) in [5.41, 5.74) is 5.79. The summed E-state index contributed by atoms with van der Waals surface area (Å²) < 4.78 is 1.91. The molecule has 3 heteroatoms. The molecule has 5 aromatic carbocycles. The first-order valence-electron chi connectivity index (χ1n) is 10.2. The van der Waals surface area contributed by atoms with Crippen LogP contribution >= 0.6 is 31.9 Å². The third kappa shape index (κ3) is 2.91. The zero-order valence-corrected chi connectivity index (χ0v) is 19.6. The highest BCUT2D eigenvalue weighted by atomic mass is 79.9. The van der Waals surface area contributed by atoms with E-state index in [-0.39, 0.29) is 5.78 Å². The molecule has 1 aliphatic carbocycles. The second kappa shape index (κ2) is 7.15. The summed E-state index contributed by atoms with van der Waals surface area (Å²) in [5, 5.41) is 4.69. The number of halogens is 2. The maximum atomic E-state index is 13.7. The lowest BCUT2D eigenvalue weighted by Gasteiger charge is -2.23. The zero-order chi connectivity index (χ0) is 21.1. The van der Waals surface area contributed by atoms with Crippen molar-refractivity contribution in [3.05, 3.63) is 116 Å². The molecule has 0 spiro atoms. The first-order chi connectivity index (χ1) is 15.1. The van der Waals surface area contributed by atoms with Gasteiger partial charge in [0, 0.05) is 31.2 Å². The van der Waals surface area contributed by atoms with E-state index >= 15 is 0 Å². The maximum Gasteiger partial charge on any atom is 0.194 e. The van der Waals surface area contributed by atoms with Crippen LogP contribution in [0, 0.1) is 0 Å². The summed E-state index contributed by atoms with van der Waals surface area (Å²) in [5.74, 6) is 0.0952. The van der Waals surface area contributed by atoms with E-state index in [4.69, 9.17) is 0 Å². The molecule has 0 atom stereocenters. The van der Waals surface area contributed by atoms with Crippen LogP contribution in [-0.4, -0.2) is 5.78 Å². The SMILES string of the molecule is O=C1c2ccccc2Cc2ccc(Br)c(-c3c(Br)ccc4cc5ccccc5cc34)c21. The van der Waals surface area contributed by atoms with E-state index in [2.05, 4.69) is 98.6 Å². The molecule has 0 aromatic heterocycles. The Balaban J connectivity index is 1.71. The molecule has 0 heterocycles. The Bertz CT molecular complexity index is 1550. The first kappa shape index (κ1) is 19.0. The third-order valence-corrected chi connectivity index (χ3v) is 7.52. The first-order valence-corrected chi connectivity index (χ1v) is 11.8. The highest BCUT2D eigenvalue weighted by Gasteiger charge is 2.28. The van der Waals surface area contributed by atoms with Gasteiger partial charge >= 0.3 is 0 Å². The van der Waals surface area contributed by atoms with Gasteiger partial charge in [-0.15, -0.1) is 0 Å². The fourth-order valence-electron chi connectivity index (χ4n) is 4.75. The maximum absolute atomic E-state index is 13.7. The van der Waals surface area contributed by atoms with Crippen molar-refractivity contribution in [3.63, 3.8) is 0 Å². The number of carbonyl (C=O) groups is 1. The lowest BCUT2D eigenvalue weighted by atomic mass is 9.80. The van der Waals surface area contributed by atoms with Gasteiger partial charge in [-0.3, -0.25) is 4.79 Å². The summed E-state index contributed by atoms with van der Waals surface area (Å²) >= 11 is 7.58. The average molecular weight is 528 g/mol. The monoisotopic (exact) mass is 526 g/mol. The Morgan fingerprint density at radius 3 is 2.10 bits per heavy atom. The summed E-state index contributed by atoms with van der Waals surface area (Å²) in [7, 11) is 0. The van der Waals surface area contributed by atoms with Gasteiger partial charge in [0.05, 0.1) is 0 Å². The molecule has 0 amide bonds. The van der Waals surface area contributed by atoms with Crippen molar-refractivity contribution in [2.45, 2.75) is 6.42 Å². The molecule has 0 unspecified atom stereocenters. The van der Waals surface area contributed by atoms with Crippen LogP contribution in [0.4, 0.5) is 0 Å². The summed E-state index contributed by atoms with van der Waals surface area (Å²) in [6, 6.07) is 29.2. The van der Waals surface area contributed by atoms with Crippen LogP contribution in [0.1, 0.15) is 27.0 Å². The van der Waals surface area contributed by atoms with Gasteiger partial charge in [0.25, 0.3) is 0 Å². The highest BCUT2D eigenvalue weighted by Crippen LogP contribution is 2.45. The van der Waals surface area contributed by atoms with Crippen LogP contribution in [0.3, 0.4) is 0 Å². The van der Waals surface area contributed by atoms with Crippen molar-refractivity contribution in [2.24, 2.45) is 0 Å². The Hall–Kier alpha value is -2.75. The number of hydrogen-bond acceptors (Lipinski definition) is 1. The molecule has 148 valence electrons. The predicted octanol–water partition coefficient (Wildman–Crippen LogP) is 8.32. The van der Waals surface area contributed by atoms with Gasteiger partial charge in [-0.25, -0.2) is 0 Å². The molecule has 5 aromatic rings. The number of hydrogen-bond donors (Lipinski definition) is 0. The largest absolute Gasteiger partial charge is 0.289 e. The Morgan fingerprint density at radius 1 is 0.581 bits per heavy atom. The smallest absolute Gasteiger partial charge is 0.194 e. The minimum Gasteiger partial charge on any atom is -0.289 e. The van der Waals surface area contributed by atoms with E-state index in [1.165, 1.54) is 10.8 Å². The second-order valence-electron chi connectivity index (χ2n) is 7.96. The second-order valence-corrected chi connectivity index (χ2v) is 9.67. The Kier molecular flexibility index (Phi) is 4.38. The summed E-state index contributed by atoms with van der Waals surface area (Å²) in [6.07, 6.45) is 0.767. The van der Waals surface area contributed by atoms with E-state index in [0.717, 1.165) is 59.5 Å². The topological polar surface area (TPSA) is 17.1 Å². The average Bonchev–Trinajstić information content (AvgIpc) is 2.79. The van der Waals surface area contributed by atoms with Crippen LogP contribution in [0.15, 0.2) is 93.9 Å². The van der Waals surface area contributed by atoms with Crippen LogP contribution in [0.5, 0.6) is 0 Å². The minimum atomic E-state index is 0.0952. The quantitative estimate of drug-likeness (QED) is 0.196. The van der Waals surface area contributed by atoms with Crippen molar-refractivity contribution in [3.8, 4) is 11.1 Å². The molecule has 0 fully saturated rings. The number of rotatable bonds is 1. The summed E-state index contributed by atoms with van der Waals surface area (Å²) in [6.45, 7) is 0. The van der Waals surface area contributed by atoms with Crippen LogP contribution in [0.25, 0.3) is 32.7 Å². The molecule has 0 aliphatic heterocycles. The lowest BCUT2D eigenvalue weighted by Crippen LogP contribution is -2.16. The number of benzene rings is 5. The van der Waals surface area contributed by atoms with E-state index in [0.29, 0.717) is 0 Å². The molecule has 1 nitrogen and oxygen atoms in total. The van der Waals surface area contributed by atoms with E-state index in [1.54, 1.807) is 0 Å². The number of carbonyl (C=O) groups excluding carboxylic acids is 1. The van der Waals surface area contributed by atoms with Crippen LogP contribution < -0.4 is 0 Å². The highest BCUT2D eigenvalue weighted by molar-refractivity contribution is 9.11. The van der Waals surface area contributed by atoms with Crippen molar-refractivity contribution in [2.75, 3.05) is 0 Å². The fraction of sp³-hybridized carbons (Fsp3) is 0.0357. The molecule has 0 radical (unpaired) electrons. The van der Waals surface area contributed by atoms with Crippen molar-refractivity contribution < 1.29 is 4.79 Å². The standard InChI is InChI=1S/C28H16Br2O/c29-23-11-9-19-13-16-5-1-2-6-17(16)15-22(19)26(23)27-24(30)12-10-20-14-18-7-3-4-8-21(18)28(31)25(20)27/h1-13,15H,14H2. The number of ketones is 1. The van der Waals surface area contributed by atoms with Crippen molar-refractivity contribution in [1.82, 2.24) is 0 Å². The van der Waals surface area contributed by atoms with Gasteiger partial charge in [0.2, 0.25) is 0 Å². The van der Waals surface area contributed by atoms with Gasteiger partial charge in [0.1, 0.15) is 0 Å². The molecule has 1 aliphatic rings. The Labute approximate surface area is 197 Å². The van der Waals surface area contributed by atoms with Crippen molar-refractivity contribution in [1.29, 1.82) is 0 Å². The van der Waals surface area contributed by atoms with Crippen LogP contribution in [-0.2, 0) is 6.42 Å². The lowest BCUT2D eigenvalue weighted by molar-refractivity contribution is 0.103. The van der Waals surface area contributed by atoms with Gasteiger partial charge < -0.3 is 0 Å².